The number of halogens is 1. The summed E-state index contributed by atoms with van der Waals surface area (Å²) in [5.74, 6) is -0.551. The van der Waals surface area contributed by atoms with Gasteiger partial charge >= 0.3 is 0 Å². The van der Waals surface area contributed by atoms with Gasteiger partial charge in [-0.3, -0.25) is 4.57 Å². The highest BCUT2D eigenvalue weighted by Gasteiger charge is 2.44. The van der Waals surface area contributed by atoms with Crippen LogP contribution in [0.2, 0.25) is 0 Å². The second kappa shape index (κ2) is 5.57. The molecule has 10 heteroatoms. The minimum atomic E-state index is -1.33. The van der Waals surface area contributed by atoms with Gasteiger partial charge in [0.1, 0.15) is 18.3 Å². The van der Waals surface area contributed by atoms with Gasteiger partial charge in [-0.15, -0.1) is 0 Å². The predicted molar refractivity (Wildman–Crippen MR) is 70.1 cm³/mol. The van der Waals surface area contributed by atoms with Gasteiger partial charge in [0.2, 0.25) is 5.88 Å². The third-order valence-electron chi connectivity index (χ3n) is 3.42. The van der Waals surface area contributed by atoms with E-state index in [0.29, 0.717) is 0 Å². The van der Waals surface area contributed by atoms with Gasteiger partial charge in [0.25, 0.3) is 0 Å². The maximum atomic E-state index is 12.3. The van der Waals surface area contributed by atoms with Crippen molar-refractivity contribution in [1.82, 2.24) is 19.5 Å². The average Bonchev–Trinajstić information content (AvgIpc) is 3.03. The van der Waals surface area contributed by atoms with Gasteiger partial charge in [0, 0.05) is 6.08 Å². The van der Waals surface area contributed by atoms with Crippen LogP contribution < -0.4 is 0 Å². The molecule has 1 saturated heterocycles. The minimum absolute atomic E-state index is 0.0359. The number of aromatic hydroxyl groups is 1. The Labute approximate surface area is 123 Å². The first-order chi connectivity index (χ1) is 10.6. The van der Waals surface area contributed by atoms with Crippen molar-refractivity contribution in [2.75, 3.05) is 6.61 Å². The molecule has 2 aromatic rings. The molecular weight excluding hydrogens is 299 g/mol. The van der Waals surface area contributed by atoms with Crippen molar-refractivity contribution in [1.29, 1.82) is 0 Å². The molecule has 0 unspecified atom stereocenters. The first-order valence-electron chi connectivity index (χ1n) is 6.39. The van der Waals surface area contributed by atoms with Crippen LogP contribution >= 0.6 is 0 Å². The number of aliphatic hydroxyl groups excluding tert-OH is 3. The standard InChI is InChI=1S/C12H13FN4O5/c13-2-1-6-15-10-7(11(21)16-6)14-4-17(10)12-9(20)8(19)5(3-18)22-12/h1-2,4-5,8-9,12,18-20H,3H2,(H,15,16,21)/t5-,8-,9-,12-/m1/s1. The summed E-state index contributed by atoms with van der Waals surface area (Å²) in [6.45, 7) is -0.475. The fourth-order valence-electron chi connectivity index (χ4n) is 2.34. The van der Waals surface area contributed by atoms with E-state index in [0.717, 1.165) is 6.08 Å². The third kappa shape index (κ3) is 2.22. The molecule has 2 aromatic heterocycles. The molecule has 0 radical (unpaired) electrons. The highest BCUT2D eigenvalue weighted by Crippen LogP contribution is 2.32. The van der Waals surface area contributed by atoms with E-state index in [1.807, 2.05) is 0 Å². The van der Waals surface area contributed by atoms with Crippen molar-refractivity contribution < 1.29 is 29.6 Å². The van der Waals surface area contributed by atoms with Crippen molar-refractivity contribution in [3.63, 3.8) is 0 Å². The van der Waals surface area contributed by atoms with Crippen LogP contribution in [0, 0.1) is 0 Å². The highest BCUT2D eigenvalue weighted by atomic mass is 19.1. The summed E-state index contributed by atoms with van der Waals surface area (Å²) >= 11 is 0. The molecule has 3 rings (SSSR count). The Bertz CT molecular complexity index is 721. The largest absolute Gasteiger partial charge is 0.492 e. The summed E-state index contributed by atoms with van der Waals surface area (Å²) in [7, 11) is 0. The molecule has 1 fully saturated rings. The molecule has 0 spiro atoms. The maximum absolute atomic E-state index is 12.3. The van der Waals surface area contributed by atoms with Crippen molar-refractivity contribution in [2.45, 2.75) is 24.5 Å². The van der Waals surface area contributed by atoms with Crippen LogP contribution in [-0.4, -0.2) is 64.9 Å². The number of aliphatic hydroxyl groups is 3. The van der Waals surface area contributed by atoms with E-state index in [4.69, 9.17) is 9.84 Å². The van der Waals surface area contributed by atoms with Crippen LogP contribution in [-0.2, 0) is 4.74 Å². The topological polar surface area (TPSA) is 134 Å². The molecule has 0 amide bonds. The zero-order valence-electron chi connectivity index (χ0n) is 11.1. The number of aromatic nitrogens is 4. The smallest absolute Gasteiger partial charge is 0.243 e. The molecule has 118 valence electrons. The number of hydrogen-bond donors (Lipinski definition) is 4. The summed E-state index contributed by atoms with van der Waals surface area (Å²) < 4.78 is 18.9. The zero-order valence-corrected chi connectivity index (χ0v) is 11.1. The van der Waals surface area contributed by atoms with Crippen LogP contribution in [0.15, 0.2) is 12.7 Å². The van der Waals surface area contributed by atoms with E-state index >= 15 is 0 Å². The lowest BCUT2D eigenvalue weighted by atomic mass is 10.1. The molecule has 4 N–H and O–H groups in total. The van der Waals surface area contributed by atoms with Crippen LogP contribution in [0.5, 0.6) is 5.88 Å². The van der Waals surface area contributed by atoms with Gasteiger partial charge in [-0.05, 0) is 0 Å². The van der Waals surface area contributed by atoms with E-state index in [1.54, 1.807) is 0 Å². The molecule has 9 nitrogen and oxygen atoms in total. The van der Waals surface area contributed by atoms with E-state index in [9.17, 15) is 19.7 Å². The van der Waals surface area contributed by atoms with Gasteiger partial charge in [0.15, 0.2) is 23.2 Å². The number of ether oxygens (including phenoxy) is 1. The lowest BCUT2D eigenvalue weighted by Gasteiger charge is -2.16. The van der Waals surface area contributed by atoms with Gasteiger partial charge in [-0.25, -0.2) is 14.4 Å². The molecule has 0 aromatic carbocycles. The normalized spacial score (nSPS) is 28.9. The second-order valence-corrected chi connectivity index (χ2v) is 4.75. The number of fused-ring (bicyclic) bond motifs is 1. The number of hydrogen-bond acceptors (Lipinski definition) is 8. The van der Waals surface area contributed by atoms with E-state index in [1.165, 1.54) is 10.9 Å². The van der Waals surface area contributed by atoms with E-state index in [-0.39, 0.29) is 23.3 Å². The van der Waals surface area contributed by atoms with Crippen LogP contribution in [0.25, 0.3) is 17.2 Å². The molecule has 22 heavy (non-hydrogen) atoms. The minimum Gasteiger partial charge on any atom is -0.492 e. The van der Waals surface area contributed by atoms with E-state index < -0.39 is 37.0 Å². The Morgan fingerprint density at radius 3 is 2.73 bits per heavy atom. The zero-order chi connectivity index (χ0) is 15.9. The van der Waals surface area contributed by atoms with Gasteiger partial charge in [-0.2, -0.15) is 4.98 Å². The second-order valence-electron chi connectivity index (χ2n) is 4.75. The lowest BCUT2D eigenvalue weighted by Crippen LogP contribution is -2.33. The summed E-state index contributed by atoms with van der Waals surface area (Å²) in [6.07, 6.45) is -2.24. The SMILES string of the molecule is OC[C@H]1O[C@@H](n2cnc3c(O)nc(C=CF)nc32)[C@H](O)[C@@H]1O. The molecule has 0 bridgehead atoms. The summed E-state index contributed by atoms with van der Waals surface area (Å²) in [5.41, 5.74) is 0.129. The van der Waals surface area contributed by atoms with E-state index in [2.05, 4.69) is 15.0 Å². The quantitative estimate of drug-likeness (QED) is 0.572. The van der Waals surface area contributed by atoms with Crippen molar-refractivity contribution in [3.05, 3.63) is 18.5 Å². The summed E-state index contributed by atoms with van der Waals surface area (Å²) in [5, 5.41) is 38.7. The summed E-state index contributed by atoms with van der Waals surface area (Å²) in [4.78, 5) is 11.6. The molecular formula is C12H13FN4O5. The fourth-order valence-corrected chi connectivity index (χ4v) is 2.34. The van der Waals surface area contributed by atoms with Crippen molar-refractivity contribution in [2.24, 2.45) is 0 Å². The lowest BCUT2D eigenvalue weighted by molar-refractivity contribution is -0.0511. The fraction of sp³-hybridized carbons (Fsp3) is 0.417. The van der Waals surface area contributed by atoms with Crippen molar-refractivity contribution >= 4 is 17.2 Å². The molecule has 3 heterocycles. The molecule has 1 aliphatic heterocycles. The first kappa shape index (κ1) is 14.8. The number of imidazole rings is 1. The summed E-state index contributed by atoms with van der Waals surface area (Å²) in [6, 6.07) is 0. The van der Waals surface area contributed by atoms with Gasteiger partial charge in [-0.1, -0.05) is 0 Å². The molecule has 4 atom stereocenters. The van der Waals surface area contributed by atoms with Crippen LogP contribution in [0.1, 0.15) is 12.1 Å². The number of rotatable bonds is 3. The molecule has 1 aliphatic rings. The van der Waals surface area contributed by atoms with Gasteiger partial charge in [0.05, 0.1) is 19.3 Å². The molecule has 0 aliphatic carbocycles. The van der Waals surface area contributed by atoms with Crippen molar-refractivity contribution in [3.8, 4) is 5.88 Å². The van der Waals surface area contributed by atoms with Gasteiger partial charge < -0.3 is 25.2 Å². The average molecular weight is 312 g/mol. The Hall–Kier alpha value is -2.14. The first-order valence-corrected chi connectivity index (χ1v) is 6.39. The predicted octanol–water partition coefficient (Wildman–Crippen LogP) is -0.916. The van der Waals surface area contributed by atoms with Crippen LogP contribution in [0.3, 0.4) is 0 Å². The Balaban J connectivity index is 2.08. The Kier molecular flexibility index (Phi) is 3.74. The maximum Gasteiger partial charge on any atom is 0.243 e. The Morgan fingerprint density at radius 2 is 2.09 bits per heavy atom. The number of nitrogens with zero attached hydrogens (tertiary/aromatic N) is 4. The Morgan fingerprint density at radius 1 is 1.32 bits per heavy atom. The monoisotopic (exact) mass is 312 g/mol. The third-order valence-corrected chi connectivity index (χ3v) is 3.42. The van der Waals surface area contributed by atoms with Crippen LogP contribution in [0.4, 0.5) is 4.39 Å². The molecule has 0 saturated carbocycles. The highest BCUT2D eigenvalue weighted by molar-refractivity contribution is 5.77.